The highest BCUT2D eigenvalue weighted by Gasteiger charge is 2.23. The molecule has 2 fully saturated rings. The number of carbonyl (C=O) groups excluding carboxylic acids is 1. The lowest BCUT2D eigenvalue weighted by molar-refractivity contribution is -0.123. The molecule has 0 aromatic heterocycles. The molecular formula is C20H30BrN3O2. The second-order valence-corrected chi connectivity index (χ2v) is 8.39. The van der Waals surface area contributed by atoms with Crippen molar-refractivity contribution in [3.63, 3.8) is 0 Å². The van der Waals surface area contributed by atoms with Gasteiger partial charge in [0.15, 0.2) is 0 Å². The van der Waals surface area contributed by atoms with Crippen LogP contribution in [0.4, 0.5) is 0 Å². The number of rotatable bonds is 6. The molecule has 1 amide bonds. The van der Waals surface area contributed by atoms with Gasteiger partial charge >= 0.3 is 0 Å². The molecule has 0 aliphatic carbocycles. The van der Waals surface area contributed by atoms with Gasteiger partial charge in [0.05, 0.1) is 25.8 Å². The Hall–Kier alpha value is -0.950. The largest absolute Gasteiger partial charge is 0.379 e. The average molecular weight is 424 g/mol. The van der Waals surface area contributed by atoms with Gasteiger partial charge in [0.1, 0.15) is 0 Å². The zero-order chi connectivity index (χ0) is 18.4. The van der Waals surface area contributed by atoms with Gasteiger partial charge in [-0.1, -0.05) is 28.1 Å². The smallest absolute Gasteiger partial charge is 0.234 e. The third-order valence-corrected chi connectivity index (χ3v) is 5.97. The molecule has 1 atom stereocenters. The van der Waals surface area contributed by atoms with Crippen LogP contribution in [0.25, 0.3) is 0 Å². The molecule has 0 saturated carbocycles. The van der Waals surface area contributed by atoms with Gasteiger partial charge in [-0.15, -0.1) is 0 Å². The number of carbonyl (C=O) groups is 1. The zero-order valence-corrected chi connectivity index (χ0v) is 17.2. The summed E-state index contributed by atoms with van der Waals surface area (Å²) in [5, 5.41) is 3.12. The summed E-state index contributed by atoms with van der Waals surface area (Å²) >= 11 is 3.44. The van der Waals surface area contributed by atoms with E-state index < -0.39 is 0 Å². The molecule has 5 nitrogen and oxygen atoms in total. The summed E-state index contributed by atoms with van der Waals surface area (Å²) in [5.41, 5.74) is 1.13. The van der Waals surface area contributed by atoms with E-state index in [-0.39, 0.29) is 11.9 Å². The molecule has 144 valence electrons. The number of hydrogen-bond donors (Lipinski definition) is 1. The molecular weight excluding hydrogens is 394 g/mol. The minimum absolute atomic E-state index is 0.0365. The van der Waals surface area contributed by atoms with E-state index in [0.717, 1.165) is 55.3 Å². The summed E-state index contributed by atoms with van der Waals surface area (Å²) in [6.45, 7) is 9.65. The topological polar surface area (TPSA) is 44.8 Å². The second-order valence-electron chi connectivity index (χ2n) is 7.47. The van der Waals surface area contributed by atoms with Gasteiger partial charge in [0.2, 0.25) is 5.91 Å². The molecule has 2 saturated heterocycles. The molecule has 0 bridgehead atoms. The van der Waals surface area contributed by atoms with Crippen molar-refractivity contribution in [2.24, 2.45) is 5.92 Å². The third-order valence-electron chi connectivity index (χ3n) is 5.44. The Kier molecular flexibility index (Phi) is 7.49. The minimum Gasteiger partial charge on any atom is -0.379 e. The fourth-order valence-corrected chi connectivity index (χ4v) is 4.07. The number of hydrogen-bond acceptors (Lipinski definition) is 4. The normalized spacial score (nSPS) is 21.5. The lowest BCUT2D eigenvalue weighted by Crippen LogP contribution is -2.45. The van der Waals surface area contributed by atoms with Gasteiger partial charge < -0.3 is 10.1 Å². The Balaban J connectivity index is 1.37. The first-order valence-electron chi connectivity index (χ1n) is 9.67. The maximum absolute atomic E-state index is 12.4. The highest BCUT2D eigenvalue weighted by atomic mass is 79.9. The van der Waals surface area contributed by atoms with Crippen LogP contribution in [-0.4, -0.2) is 68.2 Å². The number of benzene rings is 1. The van der Waals surface area contributed by atoms with Crippen molar-refractivity contribution in [3.8, 4) is 0 Å². The van der Waals surface area contributed by atoms with Crippen LogP contribution in [0.2, 0.25) is 0 Å². The summed E-state index contributed by atoms with van der Waals surface area (Å²) < 4.78 is 6.48. The van der Waals surface area contributed by atoms with E-state index in [1.807, 2.05) is 31.2 Å². The first-order chi connectivity index (χ1) is 12.6. The number of likely N-dealkylation sites (tertiary alicyclic amines) is 1. The number of piperidine rings is 1. The van der Waals surface area contributed by atoms with Gasteiger partial charge in [-0.2, -0.15) is 0 Å². The Labute approximate surface area is 165 Å². The predicted molar refractivity (Wildman–Crippen MR) is 107 cm³/mol. The van der Waals surface area contributed by atoms with Crippen LogP contribution in [-0.2, 0) is 9.53 Å². The molecule has 6 heteroatoms. The van der Waals surface area contributed by atoms with Crippen molar-refractivity contribution < 1.29 is 9.53 Å². The first-order valence-corrected chi connectivity index (χ1v) is 10.5. The fourth-order valence-electron chi connectivity index (χ4n) is 3.80. The molecule has 2 aliphatic heterocycles. The van der Waals surface area contributed by atoms with E-state index >= 15 is 0 Å². The second kappa shape index (κ2) is 9.83. The molecule has 3 rings (SSSR count). The van der Waals surface area contributed by atoms with E-state index in [2.05, 4.69) is 31.0 Å². The number of nitrogens with one attached hydrogen (secondary N) is 1. The maximum atomic E-state index is 12.4. The van der Waals surface area contributed by atoms with Gasteiger partial charge in [-0.3, -0.25) is 14.6 Å². The van der Waals surface area contributed by atoms with Crippen molar-refractivity contribution in [1.82, 2.24) is 15.1 Å². The standard InChI is InChI=1S/C20H30BrN3O2/c1-16(18-2-4-19(21)5-3-18)22-20(25)15-23-8-6-17(7-9-23)14-24-10-12-26-13-11-24/h2-5,16-17H,6-15H2,1H3,(H,22,25). The van der Waals surface area contributed by atoms with Gasteiger partial charge in [0, 0.05) is 24.1 Å². The monoisotopic (exact) mass is 423 g/mol. The Morgan fingerprint density at radius 1 is 1.15 bits per heavy atom. The van der Waals surface area contributed by atoms with Crippen molar-refractivity contribution in [2.75, 3.05) is 52.5 Å². The van der Waals surface area contributed by atoms with E-state index in [1.54, 1.807) is 0 Å². The zero-order valence-electron chi connectivity index (χ0n) is 15.6. The first kappa shape index (κ1) is 19.8. The number of nitrogens with zero attached hydrogens (tertiary/aromatic N) is 2. The van der Waals surface area contributed by atoms with Crippen LogP contribution in [0.1, 0.15) is 31.4 Å². The quantitative estimate of drug-likeness (QED) is 0.763. The lowest BCUT2D eigenvalue weighted by atomic mass is 9.96. The minimum atomic E-state index is 0.0365. The highest BCUT2D eigenvalue weighted by Crippen LogP contribution is 2.19. The van der Waals surface area contributed by atoms with Crippen molar-refractivity contribution in [2.45, 2.75) is 25.8 Å². The Morgan fingerprint density at radius 2 is 1.81 bits per heavy atom. The molecule has 1 aromatic rings. The van der Waals surface area contributed by atoms with Crippen molar-refractivity contribution in [1.29, 1.82) is 0 Å². The summed E-state index contributed by atoms with van der Waals surface area (Å²) in [6, 6.07) is 8.15. The van der Waals surface area contributed by atoms with Crippen LogP contribution in [0.5, 0.6) is 0 Å². The predicted octanol–water partition coefficient (Wildman–Crippen LogP) is 2.67. The molecule has 0 radical (unpaired) electrons. The van der Waals surface area contributed by atoms with Crippen molar-refractivity contribution >= 4 is 21.8 Å². The number of morpholine rings is 1. The molecule has 1 aromatic carbocycles. The number of amides is 1. The SMILES string of the molecule is CC(NC(=O)CN1CCC(CN2CCOCC2)CC1)c1ccc(Br)cc1. The fraction of sp³-hybridized carbons (Fsp3) is 0.650. The van der Waals surface area contributed by atoms with Crippen molar-refractivity contribution in [3.05, 3.63) is 34.3 Å². The van der Waals surface area contributed by atoms with Crippen LogP contribution in [0.3, 0.4) is 0 Å². The molecule has 2 heterocycles. The Morgan fingerprint density at radius 3 is 2.46 bits per heavy atom. The highest BCUT2D eigenvalue weighted by molar-refractivity contribution is 9.10. The van der Waals surface area contributed by atoms with Gasteiger partial charge in [0.25, 0.3) is 0 Å². The van der Waals surface area contributed by atoms with Crippen LogP contribution in [0, 0.1) is 5.92 Å². The average Bonchev–Trinajstić information content (AvgIpc) is 2.64. The molecule has 1 N–H and O–H groups in total. The maximum Gasteiger partial charge on any atom is 0.234 e. The molecule has 1 unspecified atom stereocenters. The number of ether oxygens (including phenoxy) is 1. The molecule has 26 heavy (non-hydrogen) atoms. The van der Waals surface area contributed by atoms with Crippen LogP contribution < -0.4 is 5.32 Å². The van der Waals surface area contributed by atoms with E-state index in [0.29, 0.717) is 6.54 Å². The van der Waals surface area contributed by atoms with E-state index in [4.69, 9.17) is 4.74 Å². The Bertz CT molecular complexity index is 567. The van der Waals surface area contributed by atoms with Crippen LogP contribution >= 0.6 is 15.9 Å². The summed E-state index contributed by atoms with van der Waals surface area (Å²) in [6.07, 6.45) is 2.37. The van der Waals surface area contributed by atoms with Gasteiger partial charge in [-0.25, -0.2) is 0 Å². The lowest BCUT2D eigenvalue weighted by Gasteiger charge is -2.35. The summed E-state index contributed by atoms with van der Waals surface area (Å²) in [7, 11) is 0. The molecule has 0 spiro atoms. The third kappa shape index (κ3) is 6.05. The molecule has 2 aliphatic rings. The van der Waals surface area contributed by atoms with E-state index in [9.17, 15) is 4.79 Å². The van der Waals surface area contributed by atoms with E-state index in [1.165, 1.54) is 19.4 Å². The number of halogens is 1. The summed E-state index contributed by atoms with van der Waals surface area (Å²) in [5.74, 6) is 0.876. The summed E-state index contributed by atoms with van der Waals surface area (Å²) in [4.78, 5) is 17.2. The van der Waals surface area contributed by atoms with Gasteiger partial charge in [-0.05, 0) is 56.5 Å². The van der Waals surface area contributed by atoms with Crippen LogP contribution in [0.15, 0.2) is 28.7 Å².